The first-order chi connectivity index (χ1) is 18.0. The summed E-state index contributed by atoms with van der Waals surface area (Å²) in [6.07, 6.45) is 1.61. The first-order valence-corrected chi connectivity index (χ1v) is 12.6. The largest absolute Gasteiger partial charge is 0.449 e. The fourth-order valence-electron chi connectivity index (χ4n) is 3.87. The second-order valence-corrected chi connectivity index (χ2v) is 9.20. The number of nitrogens with zero attached hydrogens (tertiary/aromatic N) is 4. The van der Waals surface area contributed by atoms with Crippen molar-refractivity contribution < 1.29 is 14.3 Å². The Kier molecular flexibility index (Phi) is 9.04. The van der Waals surface area contributed by atoms with Crippen LogP contribution in [0.2, 0.25) is 0 Å². The number of benzene rings is 2. The average Bonchev–Trinajstić information content (AvgIpc) is 2.89. The second kappa shape index (κ2) is 12.8. The smallest absolute Gasteiger partial charge is 0.411 e. The van der Waals surface area contributed by atoms with Crippen molar-refractivity contribution in [2.45, 2.75) is 33.1 Å². The minimum absolute atomic E-state index is 0.147. The molecule has 0 atom stereocenters. The van der Waals surface area contributed by atoms with Gasteiger partial charge in [-0.15, -0.1) is 0 Å². The number of carbonyl (C=O) groups is 1. The van der Waals surface area contributed by atoms with Crippen LogP contribution in [-0.2, 0) is 15.9 Å². The normalized spacial score (nSPS) is 13.7. The van der Waals surface area contributed by atoms with Gasteiger partial charge in [0, 0.05) is 31.3 Å². The lowest BCUT2D eigenvalue weighted by Crippen LogP contribution is -2.37. The standard InChI is InChI=1S/C28H34N6O3/c1-20(2)23-7-9-24(10-8-23)30-28(35)37-14-11-25-31-26(18-27(32-25)34-12-15-36-16-13-34)33-29-19-22-6-4-5-21(3)17-22/h4-10,17-20H,11-16H2,1-3H3,(H,30,35)(H,31,32,33)/b29-19+. The molecule has 3 aromatic rings. The number of anilines is 3. The molecule has 1 fully saturated rings. The maximum absolute atomic E-state index is 12.3. The molecule has 1 saturated heterocycles. The number of rotatable bonds is 9. The van der Waals surface area contributed by atoms with E-state index in [9.17, 15) is 4.79 Å². The molecule has 1 aliphatic rings. The van der Waals surface area contributed by atoms with Crippen LogP contribution in [0, 0.1) is 6.92 Å². The summed E-state index contributed by atoms with van der Waals surface area (Å²) >= 11 is 0. The summed E-state index contributed by atoms with van der Waals surface area (Å²) in [5, 5.41) is 7.11. The lowest BCUT2D eigenvalue weighted by Gasteiger charge is -2.28. The van der Waals surface area contributed by atoms with Crippen LogP contribution < -0.4 is 15.6 Å². The van der Waals surface area contributed by atoms with Crippen LogP contribution in [-0.4, -0.2) is 55.2 Å². The highest BCUT2D eigenvalue weighted by molar-refractivity contribution is 5.84. The quantitative estimate of drug-likeness (QED) is 0.314. The molecular weight excluding hydrogens is 468 g/mol. The molecule has 0 aliphatic carbocycles. The molecule has 0 unspecified atom stereocenters. The Morgan fingerprint density at radius 2 is 1.92 bits per heavy atom. The SMILES string of the molecule is Cc1cccc(/C=N/Nc2cc(N3CCOCC3)nc(CCOC(=O)Nc3ccc(C(C)C)cc3)n2)c1. The van der Waals surface area contributed by atoms with Crippen LogP contribution in [0.3, 0.4) is 0 Å². The summed E-state index contributed by atoms with van der Waals surface area (Å²) in [6.45, 7) is 9.24. The molecule has 1 aromatic heterocycles. The second-order valence-electron chi connectivity index (χ2n) is 9.20. The zero-order valence-electron chi connectivity index (χ0n) is 21.6. The Labute approximate surface area is 217 Å². The van der Waals surface area contributed by atoms with E-state index < -0.39 is 6.09 Å². The van der Waals surface area contributed by atoms with E-state index >= 15 is 0 Å². The summed E-state index contributed by atoms with van der Waals surface area (Å²) in [5.41, 5.74) is 7.08. The van der Waals surface area contributed by atoms with Gasteiger partial charge in [0.2, 0.25) is 0 Å². The highest BCUT2D eigenvalue weighted by Crippen LogP contribution is 2.19. The van der Waals surface area contributed by atoms with Gasteiger partial charge in [0.05, 0.1) is 19.4 Å². The molecule has 2 aromatic carbocycles. The van der Waals surface area contributed by atoms with Gasteiger partial charge >= 0.3 is 6.09 Å². The van der Waals surface area contributed by atoms with Gasteiger partial charge < -0.3 is 14.4 Å². The number of aryl methyl sites for hydroxylation is 1. The highest BCUT2D eigenvalue weighted by Gasteiger charge is 2.15. The van der Waals surface area contributed by atoms with Crippen molar-refractivity contribution in [3.63, 3.8) is 0 Å². The molecule has 0 radical (unpaired) electrons. The molecule has 37 heavy (non-hydrogen) atoms. The summed E-state index contributed by atoms with van der Waals surface area (Å²) in [5.74, 6) is 2.36. The Hall–Kier alpha value is -3.98. The molecule has 9 heteroatoms. The highest BCUT2D eigenvalue weighted by atomic mass is 16.5. The van der Waals surface area contributed by atoms with E-state index in [0.29, 0.717) is 42.9 Å². The molecule has 1 aliphatic heterocycles. The van der Waals surface area contributed by atoms with E-state index in [1.807, 2.05) is 55.5 Å². The third-order valence-corrected chi connectivity index (χ3v) is 5.91. The summed E-state index contributed by atoms with van der Waals surface area (Å²) in [6, 6.07) is 17.7. The van der Waals surface area contributed by atoms with Gasteiger partial charge in [-0.25, -0.2) is 14.8 Å². The van der Waals surface area contributed by atoms with Crippen molar-refractivity contribution in [2.24, 2.45) is 5.10 Å². The van der Waals surface area contributed by atoms with Crippen molar-refractivity contribution >= 4 is 29.6 Å². The van der Waals surface area contributed by atoms with E-state index in [1.165, 1.54) is 11.1 Å². The van der Waals surface area contributed by atoms with Crippen LogP contribution in [0.5, 0.6) is 0 Å². The Balaban J connectivity index is 1.38. The van der Waals surface area contributed by atoms with Gasteiger partial charge in [-0.3, -0.25) is 10.7 Å². The maximum atomic E-state index is 12.3. The molecule has 0 saturated carbocycles. The first-order valence-electron chi connectivity index (χ1n) is 12.6. The van der Waals surface area contributed by atoms with Gasteiger partial charge in [0.1, 0.15) is 18.2 Å². The zero-order chi connectivity index (χ0) is 26.0. The van der Waals surface area contributed by atoms with Gasteiger partial charge in [-0.2, -0.15) is 5.10 Å². The lowest BCUT2D eigenvalue weighted by molar-refractivity contribution is 0.122. The Bertz CT molecular complexity index is 1210. The van der Waals surface area contributed by atoms with Crippen LogP contribution in [0.15, 0.2) is 59.7 Å². The molecule has 0 spiro atoms. The van der Waals surface area contributed by atoms with Gasteiger partial charge in [0.15, 0.2) is 5.82 Å². The van der Waals surface area contributed by atoms with Crippen LogP contribution in [0.25, 0.3) is 0 Å². The number of amides is 1. The number of hydrogen-bond acceptors (Lipinski definition) is 8. The van der Waals surface area contributed by atoms with E-state index in [4.69, 9.17) is 14.5 Å². The average molecular weight is 503 g/mol. The molecule has 1 amide bonds. The number of carbonyl (C=O) groups excluding carboxylic acids is 1. The fraction of sp³-hybridized carbons (Fsp3) is 0.357. The molecule has 4 rings (SSSR count). The van der Waals surface area contributed by atoms with Crippen LogP contribution >= 0.6 is 0 Å². The fourth-order valence-corrected chi connectivity index (χ4v) is 3.87. The third kappa shape index (κ3) is 8.01. The van der Waals surface area contributed by atoms with E-state index in [1.54, 1.807) is 6.21 Å². The molecule has 2 N–H and O–H groups in total. The minimum Gasteiger partial charge on any atom is -0.449 e. The number of ether oxygens (including phenoxy) is 2. The number of aromatic nitrogens is 2. The lowest BCUT2D eigenvalue weighted by atomic mass is 10.0. The van der Waals surface area contributed by atoms with E-state index in [-0.39, 0.29) is 6.61 Å². The number of nitrogens with one attached hydrogen (secondary N) is 2. The summed E-state index contributed by atoms with van der Waals surface area (Å²) < 4.78 is 10.9. The molecule has 2 heterocycles. The topological polar surface area (TPSA) is 101 Å². The zero-order valence-corrected chi connectivity index (χ0v) is 21.6. The Morgan fingerprint density at radius 3 is 2.65 bits per heavy atom. The predicted molar refractivity (Wildman–Crippen MR) is 147 cm³/mol. The van der Waals surface area contributed by atoms with Gasteiger partial charge in [0.25, 0.3) is 0 Å². The monoisotopic (exact) mass is 502 g/mol. The first kappa shape index (κ1) is 26.1. The molecular formula is C28H34N6O3. The van der Waals surface area contributed by atoms with Crippen molar-refractivity contribution in [1.29, 1.82) is 0 Å². The molecule has 0 bridgehead atoms. The number of hydrogen-bond donors (Lipinski definition) is 2. The third-order valence-electron chi connectivity index (χ3n) is 5.91. The number of hydrazone groups is 1. The van der Waals surface area contributed by atoms with E-state index in [2.05, 4.69) is 45.6 Å². The van der Waals surface area contributed by atoms with Crippen molar-refractivity contribution in [3.8, 4) is 0 Å². The Morgan fingerprint density at radius 1 is 1.14 bits per heavy atom. The molecule has 194 valence electrons. The minimum atomic E-state index is -0.511. The van der Waals surface area contributed by atoms with Crippen molar-refractivity contribution in [2.75, 3.05) is 48.6 Å². The van der Waals surface area contributed by atoms with Gasteiger partial charge in [-0.05, 0) is 36.1 Å². The van der Waals surface area contributed by atoms with Crippen LogP contribution in [0.1, 0.15) is 42.3 Å². The van der Waals surface area contributed by atoms with E-state index in [0.717, 1.165) is 24.5 Å². The number of morpholine rings is 1. The van der Waals surface area contributed by atoms with Gasteiger partial charge in [-0.1, -0.05) is 55.8 Å². The van der Waals surface area contributed by atoms with Crippen molar-refractivity contribution in [1.82, 2.24) is 9.97 Å². The van der Waals surface area contributed by atoms with Crippen molar-refractivity contribution in [3.05, 3.63) is 77.1 Å². The molecule has 9 nitrogen and oxygen atoms in total. The summed E-state index contributed by atoms with van der Waals surface area (Å²) in [4.78, 5) is 23.7. The maximum Gasteiger partial charge on any atom is 0.411 e. The summed E-state index contributed by atoms with van der Waals surface area (Å²) in [7, 11) is 0. The predicted octanol–water partition coefficient (Wildman–Crippen LogP) is 4.98. The van der Waals surface area contributed by atoms with Crippen LogP contribution in [0.4, 0.5) is 22.1 Å².